The molecule has 7 atom stereocenters. The molecule has 0 fully saturated rings. The van der Waals surface area contributed by atoms with Gasteiger partial charge in [0.05, 0.1) is 51.4 Å². The molecule has 0 aliphatic rings. The molecular weight excluding hydrogens is 662 g/mol. The van der Waals surface area contributed by atoms with E-state index < -0.39 is 84.5 Å². The van der Waals surface area contributed by atoms with Crippen LogP contribution in [0.2, 0.25) is 0 Å². The Kier molecular flexibility index (Phi) is 20.4. The maximum absolute atomic E-state index is 13.5. The molecule has 1 aromatic rings. The molecule has 7 N–H and O–H groups in total. The zero-order valence-electron chi connectivity index (χ0n) is 31.2. The van der Waals surface area contributed by atoms with Crippen molar-refractivity contribution < 1.29 is 48.5 Å². The van der Waals surface area contributed by atoms with E-state index in [2.05, 4.69) is 31.3 Å². The third-order valence-corrected chi connectivity index (χ3v) is 8.09. The fourth-order valence-corrected chi connectivity index (χ4v) is 5.42. The number of aliphatic hydroxyl groups excluding tert-OH is 2. The van der Waals surface area contributed by atoms with Gasteiger partial charge in [-0.3, -0.25) is 24.0 Å². The summed E-state index contributed by atoms with van der Waals surface area (Å²) >= 11 is 0. The van der Waals surface area contributed by atoms with Crippen LogP contribution in [-0.4, -0.2) is 103 Å². The highest BCUT2D eigenvalue weighted by atomic mass is 16.5. The van der Waals surface area contributed by atoms with Gasteiger partial charge < -0.3 is 46.3 Å². The number of hydrogen-bond acceptors (Lipinski definition) is 10. The van der Waals surface area contributed by atoms with E-state index in [-0.39, 0.29) is 31.1 Å². The number of esters is 1. The largest absolute Gasteiger partial charge is 0.469 e. The van der Waals surface area contributed by atoms with Gasteiger partial charge >= 0.3 is 12.1 Å². The highest BCUT2D eigenvalue weighted by molar-refractivity contribution is 5.92. The van der Waals surface area contributed by atoms with E-state index in [0.29, 0.717) is 19.3 Å². The molecule has 1 aromatic carbocycles. The first-order valence-electron chi connectivity index (χ1n) is 17.5. The van der Waals surface area contributed by atoms with E-state index in [0.717, 1.165) is 5.56 Å². The number of rotatable bonds is 22. The summed E-state index contributed by atoms with van der Waals surface area (Å²) in [4.78, 5) is 76.6. The molecule has 0 bridgehead atoms. The molecule has 0 aliphatic carbocycles. The van der Waals surface area contributed by atoms with Crippen LogP contribution in [0.5, 0.6) is 0 Å². The normalized spacial score (nSPS) is 15.3. The van der Waals surface area contributed by atoms with Gasteiger partial charge in [-0.05, 0) is 43.6 Å². The Hall–Kier alpha value is -4.24. The second kappa shape index (κ2) is 23.3. The van der Waals surface area contributed by atoms with Crippen molar-refractivity contribution in [3.05, 3.63) is 35.9 Å². The summed E-state index contributed by atoms with van der Waals surface area (Å²) in [5, 5.41) is 34.9. The third-order valence-electron chi connectivity index (χ3n) is 8.09. The van der Waals surface area contributed by atoms with Gasteiger partial charge in [-0.25, -0.2) is 4.79 Å². The summed E-state index contributed by atoms with van der Waals surface area (Å²) in [6, 6.07) is 4.30. The first kappa shape index (κ1) is 44.8. The average molecular weight is 722 g/mol. The van der Waals surface area contributed by atoms with Gasteiger partial charge in [0.15, 0.2) is 0 Å². The smallest absolute Gasteiger partial charge is 0.407 e. The SMILES string of the molecule is CCC[C@H](NC(=O)[C@H](Cc1ccccc1)NC(=O)OC)C(=O)N[C@@H](CC(C)C)[C@@H](O)CC(=O)N[C@@H](C)C(=O)N[C@@H](CC(C)C)[C@@H](O)CC(=O)OC. The zero-order chi connectivity index (χ0) is 38.7. The summed E-state index contributed by atoms with van der Waals surface area (Å²) in [5.74, 6) is -2.96. The number of alkyl carbamates (subject to hydrolysis) is 1. The average Bonchev–Trinajstić information content (AvgIpc) is 3.06. The second-order valence-corrected chi connectivity index (χ2v) is 13.6. The zero-order valence-corrected chi connectivity index (χ0v) is 31.2. The molecule has 0 saturated carbocycles. The van der Waals surface area contributed by atoms with Gasteiger partial charge in [-0.2, -0.15) is 0 Å². The Balaban J connectivity index is 2.98. The molecule has 51 heavy (non-hydrogen) atoms. The Morgan fingerprint density at radius 1 is 0.667 bits per heavy atom. The van der Waals surface area contributed by atoms with Crippen LogP contribution >= 0.6 is 0 Å². The van der Waals surface area contributed by atoms with Crippen LogP contribution in [0, 0.1) is 11.8 Å². The quantitative estimate of drug-likeness (QED) is 0.0855. The lowest BCUT2D eigenvalue weighted by atomic mass is 9.96. The maximum atomic E-state index is 13.5. The summed E-state index contributed by atoms with van der Waals surface area (Å²) in [6.07, 6.45) is -2.49. The predicted molar refractivity (Wildman–Crippen MR) is 190 cm³/mol. The van der Waals surface area contributed by atoms with Crippen LogP contribution in [0.1, 0.15) is 85.6 Å². The summed E-state index contributed by atoms with van der Waals surface area (Å²) < 4.78 is 9.31. The van der Waals surface area contributed by atoms with Crippen LogP contribution < -0.4 is 26.6 Å². The fourth-order valence-electron chi connectivity index (χ4n) is 5.42. The van der Waals surface area contributed by atoms with E-state index in [1.165, 1.54) is 21.1 Å². The van der Waals surface area contributed by atoms with Gasteiger partial charge in [-0.15, -0.1) is 0 Å². The number of methoxy groups -OCH3 is 2. The number of hydrogen-bond donors (Lipinski definition) is 7. The minimum Gasteiger partial charge on any atom is -0.469 e. The Bertz CT molecular complexity index is 1260. The molecule has 0 heterocycles. The fraction of sp³-hybridized carbons (Fsp3) is 0.667. The predicted octanol–water partition coefficient (Wildman–Crippen LogP) is 1.48. The maximum Gasteiger partial charge on any atom is 0.407 e. The molecule has 0 spiro atoms. The molecule has 0 saturated heterocycles. The number of amides is 5. The lowest BCUT2D eigenvalue weighted by Crippen LogP contribution is -2.57. The third kappa shape index (κ3) is 17.5. The van der Waals surface area contributed by atoms with E-state index in [4.69, 9.17) is 4.74 Å². The van der Waals surface area contributed by atoms with Crippen molar-refractivity contribution >= 4 is 35.7 Å². The Labute approximate surface area is 301 Å². The van der Waals surface area contributed by atoms with Crippen molar-refractivity contribution in [2.45, 2.75) is 129 Å². The molecule has 5 amide bonds. The monoisotopic (exact) mass is 721 g/mol. The molecule has 15 heteroatoms. The standard InChI is InChI=1S/C36H59N5O10/c1-9-13-25(38-35(48)28(41-36(49)51-8)18-24-14-11-10-12-15-24)34(47)40-26(16-21(2)3)29(42)19-31(44)37-23(6)33(46)39-27(17-22(4)5)30(43)20-32(45)50-7/h10-12,14-15,21-23,25-30,42-43H,9,13,16-20H2,1-8H3,(H,37,44)(H,38,48)(H,39,46)(H,40,47)(H,41,49)/t23-,25-,26-,27-,28-,29-,30-/m0/s1. The van der Waals surface area contributed by atoms with Crippen molar-refractivity contribution in [3.8, 4) is 0 Å². The molecule has 0 aromatic heterocycles. The van der Waals surface area contributed by atoms with Crippen molar-refractivity contribution in [2.24, 2.45) is 11.8 Å². The van der Waals surface area contributed by atoms with E-state index in [1.54, 1.807) is 24.3 Å². The number of carbonyl (C=O) groups is 6. The van der Waals surface area contributed by atoms with Crippen molar-refractivity contribution in [1.29, 1.82) is 0 Å². The van der Waals surface area contributed by atoms with E-state index >= 15 is 0 Å². The number of benzene rings is 1. The highest BCUT2D eigenvalue weighted by Gasteiger charge is 2.32. The van der Waals surface area contributed by atoms with Gasteiger partial charge in [0.2, 0.25) is 23.6 Å². The molecular formula is C36H59N5O10. The minimum atomic E-state index is -1.34. The highest BCUT2D eigenvalue weighted by Crippen LogP contribution is 2.14. The van der Waals surface area contributed by atoms with Crippen LogP contribution in [0.4, 0.5) is 4.79 Å². The molecule has 0 unspecified atom stereocenters. The van der Waals surface area contributed by atoms with Crippen LogP contribution in [-0.2, 0) is 39.9 Å². The number of carbonyl (C=O) groups excluding carboxylic acids is 6. The van der Waals surface area contributed by atoms with Crippen LogP contribution in [0.3, 0.4) is 0 Å². The Morgan fingerprint density at radius 3 is 1.71 bits per heavy atom. The van der Waals surface area contributed by atoms with Gasteiger partial charge in [-0.1, -0.05) is 71.4 Å². The minimum absolute atomic E-state index is 0.00532. The van der Waals surface area contributed by atoms with Crippen molar-refractivity contribution in [2.75, 3.05) is 14.2 Å². The molecule has 0 radical (unpaired) electrons. The second-order valence-electron chi connectivity index (χ2n) is 13.6. The number of ether oxygens (including phenoxy) is 2. The molecule has 0 aliphatic heterocycles. The molecule has 288 valence electrons. The van der Waals surface area contributed by atoms with Gasteiger partial charge in [0.25, 0.3) is 0 Å². The topological polar surface area (TPSA) is 221 Å². The summed E-state index contributed by atoms with van der Waals surface area (Å²) in [7, 11) is 2.38. The van der Waals surface area contributed by atoms with Gasteiger partial charge in [0.1, 0.15) is 18.1 Å². The molecule has 15 nitrogen and oxygen atoms in total. The summed E-state index contributed by atoms with van der Waals surface area (Å²) in [6.45, 7) is 10.9. The van der Waals surface area contributed by atoms with Crippen molar-refractivity contribution in [1.82, 2.24) is 26.6 Å². The molecule has 1 rings (SSSR count). The first-order chi connectivity index (χ1) is 24.0. The number of aliphatic hydroxyl groups is 2. The van der Waals surface area contributed by atoms with E-state index in [1.807, 2.05) is 40.7 Å². The van der Waals surface area contributed by atoms with Crippen LogP contribution in [0.15, 0.2) is 30.3 Å². The van der Waals surface area contributed by atoms with E-state index in [9.17, 15) is 39.0 Å². The van der Waals surface area contributed by atoms with Gasteiger partial charge in [0, 0.05) is 6.42 Å². The summed E-state index contributed by atoms with van der Waals surface area (Å²) in [5.41, 5.74) is 0.780. The lowest BCUT2D eigenvalue weighted by molar-refractivity contribution is -0.144. The first-order valence-corrected chi connectivity index (χ1v) is 17.5. The Morgan fingerprint density at radius 2 is 1.20 bits per heavy atom. The number of nitrogens with one attached hydrogen (secondary N) is 5. The van der Waals surface area contributed by atoms with Crippen molar-refractivity contribution in [3.63, 3.8) is 0 Å². The lowest BCUT2D eigenvalue weighted by Gasteiger charge is -2.29. The van der Waals surface area contributed by atoms with Crippen LogP contribution in [0.25, 0.3) is 0 Å².